The van der Waals surface area contributed by atoms with Gasteiger partial charge in [0, 0.05) is 22.3 Å². The molecule has 2 N–H and O–H groups in total. The van der Waals surface area contributed by atoms with Gasteiger partial charge in [-0.3, -0.25) is 19.6 Å². The van der Waals surface area contributed by atoms with E-state index >= 15 is 0 Å². The average Bonchev–Trinajstić information content (AvgIpc) is 2.71. The van der Waals surface area contributed by atoms with Gasteiger partial charge in [0.1, 0.15) is 0 Å². The predicted octanol–water partition coefficient (Wildman–Crippen LogP) is 2.22. The topological polar surface area (TPSA) is 122 Å². The lowest BCUT2D eigenvalue weighted by Gasteiger charge is -2.08. The second-order valence-corrected chi connectivity index (χ2v) is 7.67. The molecule has 8 nitrogen and oxygen atoms in total. The van der Waals surface area contributed by atoms with Crippen molar-refractivity contribution in [2.45, 2.75) is 11.1 Å². The minimum atomic E-state index is -4.00. The van der Waals surface area contributed by atoms with Crippen LogP contribution < -0.4 is 9.60 Å². The lowest BCUT2D eigenvalue weighted by Crippen LogP contribution is -2.13. The second kappa shape index (κ2) is 5.58. The van der Waals surface area contributed by atoms with Crippen LogP contribution in [0.1, 0.15) is 5.69 Å². The minimum Gasteiger partial charge on any atom is -0.315 e. The molecule has 1 heterocycles. The van der Waals surface area contributed by atoms with Crippen LogP contribution in [0.4, 0.5) is 11.4 Å². The van der Waals surface area contributed by atoms with E-state index in [4.69, 9.17) is 0 Å². The molecule has 0 aliphatic heterocycles. The van der Waals surface area contributed by atoms with Crippen molar-refractivity contribution in [3.63, 3.8) is 0 Å². The van der Waals surface area contributed by atoms with E-state index in [9.17, 15) is 23.3 Å². The molecule has 2 rings (SSSR count). The maximum atomic E-state index is 12.2. The van der Waals surface area contributed by atoms with Crippen LogP contribution >= 0.6 is 27.3 Å². The number of H-pyrrole nitrogens is 1. The van der Waals surface area contributed by atoms with Gasteiger partial charge in [0.05, 0.1) is 10.6 Å². The van der Waals surface area contributed by atoms with Gasteiger partial charge >= 0.3 is 4.87 Å². The van der Waals surface area contributed by atoms with Crippen LogP contribution in [-0.4, -0.2) is 18.3 Å². The molecule has 112 valence electrons. The molecule has 0 spiro atoms. The number of hydrogen-bond donors (Lipinski definition) is 2. The highest BCUT2D eigenvalue weighted by atomic mass is 79.9. The maximum absolute atomic E-state index is 12.2. The highest BCUT2D eigenvalue weighted by molar-refractivity contribution is 9.10. The standard InChI is InChI=1S/C10H8BrN3O5S2/c1-5-9(20-10(15)12-5)21(18,19)13-8-4-6(14(16)17)2-3-7(8)11/h2-4,13H,1H3,(H,12,15). The van der Waals surface area contributed by atoms with Crippen molar-refractivity contribution in [2.24, 2.45) is 0 Å². The summed E-state index contributed by atoms with van der Waals surface area (Å²) >= 11 is 3.66. The molecule has 1 aromatic carbocycles. The Hall–Kier alpha value is -1.72. The fraction of sp³-hybridized carbons (Fsp3) is 0.100. The highest BCUT2D eigenvalue weighted by Crippen LogP contribution is 2.30. The molecule has 0 bridgehead atoms. The largest absolute Gasteiger partial charge is 0.315 e. The fourth-order valence-corrected chi connectivity index (χ4v) is 4.39. The summed E-state index contributed by atoms with van der Waals surface area (Å²) in [4.78, 5) is 23.2. The number of nitro benzene ring substituents is 1. The van der Waals surface area contributed by atoms with Gasteiger partial charge in [-0.1, -0.05) is 11.3 Å². The summed E-state index contributed by atoms with van der Waals surface area (Å²) in [6.45, 7) is 1.45. The van der Waals surface area contributed by atoms with Crippen molar-refractivity contribution in [2.75, 3.05) is 4.72 Å². The Balaban J connectivity index is 2.46. The number of nitrogens with zero attached hydrogens (tertiary/aromatic N) is 1. The Kier molecular flexibility index (Phi) is 4.16. The van der Waals surface area contributed by atoms with Gasteiger partial charge in [-0.15, -0.1) is 0 Å². The number of anilines is 1. The lowest BCUT2D eigenvalue weighted by atomic mass is 10.3. The number of rotatable bonds is 4. The second-order valence-electron chi connectivity index (χ2n) is 3.95. The van der Waals surface area contributed by atoms with Crippen molar-refractivity contribution >= 4 is 48.7 Å². The smallest absolute Gasteiger partial charge is 0.306 e. The lowest BCUT2D eigenvalue weighted by molar-refractivity contribution is -0.384. The molecule has 1 aromatic heterocycles. The van der Waals surface area contributed by atoms with Gasteiger partial charge in [-0.05, 0) is 28.9 Å². The third-order valence-corrected chi connectivity index (χ3v) is 6.09. The van der Waals surface area contributed by atoms with E-state index in [0.29, 0.717) is 15.8 Å². The fourth-order valence-electron chi connectivity index (χ4n) is 1.54. The molecule has 0 fully saturated rings. The van der Waals surface area contributed by atoms with Crippen LogP contribution in [0, 0.1) is 17.0 Å². The molecule has 2 aromatic rings. The van der Waals surface area contributed by atoms with Gasteiger partial charge < -0.3 is 4.98 Å². The summed E-state index contributed by atoms with van der Waals surface area (Å²) in [5.74, 6) is 0. The first-order valence-electron chi connectivity index (χ1n) is 5.37. The molecule has 0 aliphatic carbocycles. The summed E-state index contributed by atoms with van der Waals surface area (Å²) in [6, 6.07) is 3.69. The molecule has 21 heavy (non-hydrogen) atoms. The van der Waals surface area contributed by atoms with Crippen molar-refractivity contribution in [1.29, 1.82) is 0 Å². The van der Waals surface area contributed by atoms with Crippen LogP contribution in [0.15, 0.2) is 31.7 Å². The first-order chi connectivity index (χ1) is 9.70. The van der Waals surface area contributed by atoms with E-state index < -0.39 is 19.8 Å². The molecule has 0 radical (unpaired) electrons. The van der Waals surface area contributed by atoms with Gasteiger partial charge in [0.15, 0.2) is 4.21 Å². The molecule has 0 saturated heterocycles. The third-order valence-electron chi connectivity index (χ3n) is 2.43. The molecule has 0 amide bonds. The maximum Gasteiger partial charge on any atom is 0.306 e. The van der Waals surface area contributed by atoms with Crippen LogP contribution in [0.3, 0.4) is 0 Å². The monoisotopic (exact) mass is 393 g/mol. The van der Waals surface area contributed by atoms with Gasteiger partial charge in [0.2, 0.25) is 0 Å². The molecule has 0 atom stereocenters. The van der Waals surface area contributed by atoms with Crippen LogP contribution in [-0.2, 0) is 10.0 Å². The molecular weight excluding hydrogens is 386 g/mol. The first kappa shape index (κ1) is 15.7. The molecule has 0 aliphatic rings. The zero-order chi connectivity index (χ0) is 15.8. The Labute approximate surface area is 131 Å². The number of aromatic nitrogens is 1. The van der Waals surface area contributed by atoms with E-state index in [1.165, 1.54) is 19.1 Å². The summed E-state index contributed by atoms with van der Waals surface area (Å²) in [6.07, 6.45) is 0. The van der Waals surface area contributed by atoms with E-state index in [1.54, 1.807) is 0 Å². The molecule has 0 unspecified atom stereocenters. The number of nitro groups is 1. The zero-order valence-electron chi connectivity index (χ0n) is 10.4. The molecule has 11 heteroatoms. The van der Waals surface area contributed by atoms with Crippen molar-refractivity contribution < 1.29 is 13.3 Å². The van der Waals surface area contributed by atoms with Crippen LogP contribution in [0.25, 0.3) is 0 Å². The SMILES string of the molecule is Cc1[nH]c(=O)sc1S(=O)(=O)Nc1cc([N+](=O)[O-])ccc1Br. The number of thiazole rings is 1. The Morgan fingerprint density at radius 3 is 2.62 bits per heavy atom. The summed E-state index contributed by atoms with van der Waals surface area (Å²) in [7, 11) is -4.00. The van der Waals surface area contributed by atoms with Gasteiger partial charge in [-0.25, -0.2) is 8.42 Å². The number of halogens is 1. The number of non-ortho nitro benzene ring substituents is 1. The summed E-state index contributed by atoms with van der Waals surface area (Å²) in [5, 5.41) is 10.7. The predicted molar refractivity (Wildman–Crippen MR) is 81.3 cm³/mol. The highest BCUT2D eigenvalue weighted by Gasteiger charge is 2.22. The van der Waals surface area contributed by atoms with Crippen molar-refractivity contribution in [3.05, 3.63) is 48.1 Å². The third kappa shape index (κ3) is 3.31. The Morgan fingerprint density at radius 1 is 1.43 bits per heavy atom. The zero-order valence-corrected chi connectivity index (χ0v) is 13.6. The molecular formula is C10H8BrN3O5S2. The molecule has 0 saturated carbocycles. The van der Waals surface area contributed by atoms with E-state index in [0.717, 1.165) is 6.07 Å². The van der Waals surface area contributed by atoms with E-state index in [1.807, 2.05) is 0 Å². The Bertz CT molecular complexity index is 871. The Morgan fingerprint density at radius 2 is 2.10 bits per heavy atom. The number of aryl methyl sites for hydroxylation is 1. The number of aromatic amines is 1. The number of sulfonamides is 1. The van der Waals surface area contributed by atoms with Crippen LogP contribution in [0.2, 0.25) is 0 Å². The number of benzene rings is 1. The van der Waals surface area contributed by atoms with Crippen LogP contribution in [0.5, 0.6) is 0 Å². The van der Waals surface area contributed by atoms with E-state index in [2.05, 4.69) is 25.6 Å². The van der Waals surface area contributed by atoms with Crippen molar-refractivity contribution in [1.82, 2.24) is 4.98 Å². The quantitative estimate of drug-likeness (QED) is 0.608. The minimum absolute atomic E-state index is 0.0180. The summed E-state index contributed by atoms with van der Waals surface area (Å²) in [5.41, 5.74) is -0.0293. The first-order valence-corrected chi connectivity index (χ1v) is 8.46. The average molecular weight is 394 g/mol. The number of nitrogens with one attached hydrogen (secondary N) is 2. The summed E-state index contributed by atoms with van der Waals surface area (Å²) < 4.78 is 26.8. The van der Waals surface area contributed by atoms with E-state index in [-0.39, 0.29) is 21.3 Å². The van der Waals surface area contributed by atoms with Crippen molar-refractivity contribution in [3.8, 4) is 0 Å². The normalized spacial score (nSPS) is 11.3. The number of hydrogen-bond acceptors (Lipinski definition) is 6. The van der Waals surface area contributed by atoms with Gasteiger partial charge in [-0.2, -0.15) is 0 Å². The van der Waals surface area contributed by atoms with Gasteiger partial charge in [0.25, 0.3) is 15.7 Å².